The van der Waals surface area contributed by atoms with E-state index in [2.05, 4.69) is 0 Å². The van der Waals surface area contributed by atoms with Crippen LogP contribution in [-0.2, 0) is 4.79 Å². The Bertz CT molecular complexity index is 614. The number of carbonyl (C=O) groups is 1. The predicted molar refractivity (Wildman–Crippen MR) is 73.3 cm³/mol. The third kappa shape index (κ3) is 3.59. The maximum atomic E-state index is 11.8. The van der Waals surface area contributed by atoms with E-state index in [4.69, 9.17) is 14.7 Å². The molecule has 0 aromatic heterocycles. The summed E-state index contributed by atoms with van der Waals surface area (Å²) < 4.78 is 10.6. The minimum absolute atomic E-state index is 0.472. The highest BCUT2D eigenvalue weighted by molar-refractivity contribution is 5.77. The van der Waals surface area contributed by atoms with Crippen molar-refractivity contribution in [2.24, 2.45) is 0 Å². The molecule has 0 heterocycles. The summed E-state index contributed by atoms with van der Waals surface area (Å²) in [6.07, 6.45) is -0.733. The van der Waals surface area contributed by atoms with E-state index in [9.17, 15) is 4.79 Å². The molecule has 0 aliphatic carbocycles. The Labute approximate surface area is 117 Å². The number of hydrogen-bond donors (Lipinski definition) is 0. The van der Waals surface area contributed by atoms with E-state index in [1.807, 2.05) is 12.1 Å². The summed E-state index contributed by atoms with van der Waals surface area (Å²) in [5, 5.41) is 8.70. The summed E-state index contributed by atoms with van der Waals surface area (Å²) in [5.41, 5.74) is 0.539. The van der Waals surface area contributed by atoms with Crippen LogP contribution in [-0.4, -0.2) is 12.1 Å². The summed E-state index contributed by atoms with van der Waals surface area (Å²) in [7, 11) is 0. The van der Waals surface area contributed by atoms with Gasteiger partial charge < -0.3 is 9.47 Å². The lowest BCUT2D eigenvalue weighted by Crippen LogP contribution is -2.28. The van der Waals surface area contributed by atoms with Crippen molar-refractivity contribution in [3.05, 3.63) is 60.2 Å². The Morgan fingerprint density at radius 2 is 1.70 bits per heavy atom. The fourth-order valence-corrected chi connectivity index (χ4v) is 1.55. The SMILES string of the molecule is C[C@H](Oc1ccc(C#N)cc1)C(=O)Oc1ccccc1. The first kappa shape index (κ1) is 13.6. The lowest BCUT2D eigenvalue weighted by molar-refractivity contribution is -0.141. The molecule has 0 radical (unpaired) electrons. The van der Waals surface area contributed by atoms with Crippen molar-refractivity contribution >= 4 is 5.97 Å². The molecule has 0 saturated heterocycles. The Morgan fingerprint density at radius 1 is 1.05 bits per heavy atom. The number of hydrogen-bond acceptors (Lipinski definition) is 4. The van der Waals surface area contributed by atoms with Crippen LogP contribution in [0.1, 0.15) is 12.5 Å². The average molecular weight is 267 g/mol. The van der Waals surface area contributed by atoms with Gasteiger partial charge in [-0.3, -0.25) is 0 Å². The largest absolute Gasteiger partial charge is 0.479 e. The van der Waals surface area contributed by atoms with Gasteiger partial charge in [0.2, 0.25) is 0 Å². The van der Waals surface area contributed by atoms with E-state index in [1.165, 1.54) is 0 Å². The highest BCUT2D eigenvalue weighted by atomic mass is 16.6. The number of ether oxygens (including phenoxy) is 2. The zero-order chi connectivity index (χ0) is 14.4. The number of benzene rings is 2. The standard InChI is InChI=1S/C16H13NO3/c1-12(16(18)20-14-5-3-2-4-6-14)19-15-9-7-13(11-17)8-10-15/h2-10,12H,1H3/t12-/m0/s1. The van der Waals surface area contributed by atoms with Crippen LogP contribution in [0.4, 0.5) is 0 Å². The number of nitrogens with zero attached hydrogens (tertiary/aromatic N) is 1. The van der Waals surface area contributed by atoms with Crippen molar-refractivity contribution in [3.63, 3.8) is 0 Å². The van der Waals surface area contributed by atoms with Crippen LogP contribution < -0.4 is 9.47 Å². The third-order valence-electron chi connectivity index (χ3n) is 2.59. The highest BCUT2D eigenvalue weighted by Crippen LogP contribution is 2.15. The Morgan fingerprint density at radius 3 is 2.30 bits per heavy atom. The van der Waals surface area contributed by atoms with Crippen LogP contribution in [0.2, 0.25) is 0 Å². The Kier molecular flexibility index (Phi) is 4.35. The van der Waals surface area contributed by atoms with E-state index < -0.39 is 12.1 Å². The van der Waals surface area contributed by atoms with Gasteiger partial charge in [-0.05, 0) is 43.3 Å². The molecule has 2 aromatic carbocycles. The van der Waals surface area contributed by atoms with Gasteiger partial charge >= 0.3 is 5.97 Å². The molecule has 0 saturated carbocycles. The second-order valence-corrected chi connectivity index (χ2v) is 4.13. The van der Waals surface area contributed by atoms with Crippen LogP contribution >= 0.6 is 0 Å². The monoisotopic (exact) mass is 267 g/mol. The summed E-state index contributed by atoms with van der Waals surface area (Å²) >= 11 is 0. The van der Waals surface area contributed by atoms with Crippen molar-refractivity contribution in [2.45, 2.75) is 13.0 Å². The molecule has 2 rings (SSSR count). The van der Waals surface area contributed by atoms with Crippen molar-refractivity contribution in [1.29, 1.82) is 5.26 Å². The average Bonchev–Trinajstić information content (AvgIpc) is 2.49. The van der Waals surface area contributed by atoms with Crippen LogP contribution in [0.15, 0.2) is 54.6 Å². The van der Waals surface area contributed by atoms with Gasteiger partial charge in [-0.2, -0.15) is 5.26 Å². The molecule has 0 bridgehead atoms. The van der Waals surface area contributed by atoms with Crippen molar-refractivity contribution in [2.75, 3.05) is 0 Å². The van der Waals surface area contributed by atoms with Gasteiger partial charge in [0.25, 0.3) is 0 Å². The first-order valence-electron chi connectivity index (χ1n) is 6.12. The number of nitriles is 1. The molecule has 0 unspecified atom stereocenters. The molecule has 100 valence electrons. The van der Waals surface area contributed by atoms with Gasteiger partial charge in [0.1, 0.15) is 11.5 Å². The minimum Gasteiger partial charge on any atom is -0.479 e. The predicted octanol–water partition coefficient (Wildman–Crippen LogP) is 2.93. The van der Waals surface area contributed by atoms with Gasteiger partial charge in [0.05, 0.1) is 11.6 Å². The number of esters is 1. The molecular formula is C16H13NO3. The fourth-order valence-electron chi connectivity index (χ4n) is 1.55. The normalized spacial score (nSPS) is 11.2. The second-order valence-electron chi connectivity index (χ2n) is 4.13. The molecule has 0 amide bonds. The van der Waals surface area contributed by atoms with Crippen LogP contribution in [0.25, 0.3) is 0 Å². The van der Waals surface area contributed by atoms with Gasteiger partial charge in [0, 0.05) is 0 Å². The van der Waals surface area contributed by atoms with Gasteiger partial charge in [-0.15, -0.1) is 0 Å². The van der Waals surface area contributed by atoms with Crippen LogP contribution in [0.3, 0.4) is 0 Å². The van der Waals surface area contributed by atoms with E-state index in [-0.39, 0.29) is 0 Å². The van der Waals surface area contributed by atoms with E-state index >= 15 is 0 Å². The lowest BCUT2D eigenvalue weighted by Gasteiger charge is -2.13. The minimum atomic E-state index is -0.733. The zero-order valence-electron chi connectivity index (χ0n) is 10.9. The number of carbonyl (C=O) groups excluding carboxylic acids is 1. The topological polar surface area (TPSA) is 59.3 Å². The van der Waals surface area contributed by atoms with Gasteiger partial charge in [0.15, 0.2) is 6.10 Å². The van der Waals surface area contributed by atoms with E-state index in [1.54, 1.807) is 55.5 Å². The number of para-hydroxylation sites is 1. The first-order chi connectivity index (χ1) is 9.69. The fraction of sp³-hybridized carbons (Fsp3) is 0.125. The van der Waals surface area contributed by atoms with Gasteiger partial charge in [-0.1, -0.05) is 18.2 Å². The van der Waals surface area contributed by atoms with Crippen LogP contribution in [0, 0.1) is 11.3 Å². The maximum absolute atomic E-state index is 11.8. The van der Waals surface area contributed by atoms with Crippen molar-refractivity contribution < 1.29 is 14.3 Å². The molecular weight excluding hydrogens is 254 g/mol. The molecule has 0 aliphatic heterocycles. The smallest absolute Gasteiger partial charge is 0.352 e. The Balaban J connectivity index is 1.95. The zero-order valence-corrected chi connectivity index (χ0v) is 10.9. The molecule has 4 nitrogen and oxygen atoms in total. The summed E-state index contributed by atoms with van der Waals surface area (Å²) in [6.45, 7) is 1.61. The molecule has 0 fully saturated rings. The van der Waals surface area contributed by atoms with Crippen molar-refractivity contribution in [3.8, 4) is 17.6 Å². The van der Waals surface area contributed by atoms with Crippen molar-refractivity contribution in [1.82, 2.24) is 0 Å². The van der Waals surface area contributed by atoms with E-state index in [0.717, 1.165) is 0 Å². The Hall–Kier alpha value is -2.80. The molecule has 0 spiro atoms. The van der Waals surface area contributed by atoms with Gasteiger partial charge in [-0.25, -0.2) is 4.79 Å². The third-order valence-corrected chi connectivity index (χ3v) is 2.59. The molecule has 0 N–H and O–H groups in total. The quantitative estimate of drug-likeness (QED) is 0.631. The molecule has 4 heteroatoms. The first-order valence-corrected chi connectivity index (χ1v) is 6.12. The van der Waals surface area contributed by atoms with E-state index in [0.29, 0.717) is 17.1 Å². The molecule has 2 aromatic rings. The second kappa shape index (κ2) is 6.39. The molecule has 0 aliphatic rings. The molecule has 20 heavy (non-hydrogen) atoms. The highest BCUT2D eigenvalue weighted by Gasteiger charge is 2.17. The van der Waals surface area contributed by atoms with Crippen LogP contribution in [0.5, 0.6) is 11.5 Å². The summed E-state index contributed by atoms with van der Waals surface area (Å²) in [6, 6.07) is 17.4. The lowest BCUT2D eigenvalue weighted by atomic mass is 10.2. The number of rotatable bonds is 4. The molecule has 1 atom stereocenters. The summed E-state index contributed by atoms with van der Waals surface area (Å²) in [5.74, 6) is 0.523. The maximum Gasteiger partial charge on any atom is 0.352 e. The summed E-state index contributed by atoms with van der Waals surface area (Å²) in [4.78, 5) is 11.8.